The number of methoxy groups -OCH3 is 1. The maximum Gasteiger partial charge on any atom is 0.340 e. The Balaban J connectivity index is 3.00. The SMILES string of the molecule is COC(=O)C1C(=O)N(N)C(SC)=NN1C. The summed E-state index contributed by atoms with van der Waals surface area (Å²) in [5.41, 5.74) is 0. The number of esters is 1. The van der Waals surface area contributed by atoms with Crippen molar-refractivity contribution < 1.29 is 14.3 Å². The van der Waals surface area contributed by atoms with Gasteiger partial charge in [-0.25, -0.2) is 15.6 Å². The molecule has 0 spiro atoms. The van der Waals surface area contributed by atoms with Gasteiger partial charge in [-0.2, -0.15) is 0 Å². The van der Waals surface area contributed by atoms with Crippen LogP contribution in [0, 0.1) is 0 Å². The van der Waals surface area contributed by atoms with Crippen LogP contribution in [-0.4, -0.2) is 53.5 Å². The Hall–Kier alpha value is -1.28. The summed E-state index contributed by atoms with van der Waals surface area (Å²) in [5, 5.41) is 6.40. The first-order valence-electron chi connectivity index (χ1n) is 4.04. The number of carbonyl (C=O) groups excluding carboxylic acids is 2. The molecule has 1 aliphatic rings. The third-order valence-corrected chi connectivity index (χ3v) is 2.54. The quantitative estimate of drug-likeness (QED) is 0.265. The molecule has 0 saturated heterocycles. The molecule has 0 aromatic carbocycles. The number of hydrogen-bond acceptors (Lipinski definition) is 7. The van der Waals surface area contributed by atoms with Crippen molar-refractivity contribution >= 4 is 28.8 Å². The Labute approximate surface area is 91.2 Å². The van der Waals surface area contributed by atoms with Gasteiger partial charge in [-0.3, -0.25) is 9.80 Å². The lowest BCUT2D eigenvalue weighted by atomic mass is 10.2. The summed E-state index contributed by atoms with van der Waals surface area (Å²) < 4.78 is 4.49. The molecular weight excluding hydrogens is 220 g/mol. The van der Waals surface area contributed by atoms with Crippen LogP contribution in [0.4, 0.5) is 0 Å². The van der Waals surface area contributed by atoms with E-state index < -0.39 is 17.9 Å². The van der Waals surface area contributed by atoms with Crippen molar-refractivity contribution in [1.29, 1.82) is 0 Å². The van der Waals surface area contributed by atoms with Gasteiger partial charge in [0.2, 0.25) is 11.2 Å². The molecule has 15 heavy (non-hydrogen) atoms. The van der Waals surface area contributed by atoms with E-state index in [1.807, 2.05) is 0 Å². The van der Waals surface area contributed by atoms with E-state index in [4.69, 9.17) is 5.84 Å². The standard InChI is InChI=1S/C7H12N4O3S/c1-10-4(6(13)14-2)5(12)11(8)7(9-10)15-3/h4H,8H2,1-3H3. The average molecular weight is 232 g/mol. The number of thioether (sulfide) groups is 1. The minimum atomic E-state index is -1.10. The zero-order valence-corrected chi connectivity index (χ0v) is 9.45. The Kier molecular flexibility index (Phi) is 3.53. The maximum atomic E-state index is 11.7. The molecule has 0 radical (unpaired) electrons. The predicted octanol–water partition coefficient (Wildman–Crippen LogP) is -1.19. The van der Waals surface area contributed by atoms with Gasteiger partial charge in [-0.15, -0.1) is 5.10 Å². The minimum absolute atomic E-state index is 0.336. The molecule has 2 N–H and O–H groups in total. The largest absolute Gasteiger partial charge is 0.467 e. The van der Waals surface area contributed by atoms with E-state index >= 15 is 0 Å². The van der Waals surface area contributed by atoms with Gasteiger partial charge < -0.3 is 4.74 Å². The van der Waals surface area contributed by atoms with Crippen LogP contribution in [0.3, 0.4) is 0 Å². The third kappa shape index (κ3) is 2.05. The normalized spacial score (nSPS) is 21.5. The Bertz CT molecular complexity index is 319. The van der Waals surface area contributed by atoms with Crippen LogP contribution in [0.15, 0.2) is 5.10 Å². The van der Waals surface area contributed by atoms with Gasteiger partial charge >= 0.3 is 5.97 Å². The van der Waals surface area contributed by atoms with Gasteiger partial charge in [0.1, 0.15) is 0 Å². The lowest BCUT2D eigenvalue weighted by Gasteiger charge is -2.31. The highest BCUT2D eigenvalue weighted by Gasteiger charge is 2.39. The summed E-state index contributed by atoms with van der Waals surface area (Å²) in [7, 11) is 2.72. The molecule has 1 rings (SSSR count). The lowest BCUT2D eigenvalue weighted by molar-refractivity contribution is -0.154. The number of hydrazine groups is 1. The highest BCUT2D eigenvalue weighted by Crippen LogP contribution is 2.14. The fraction of sp³-hybridized carbons (Fsp3) is 0.571. The first-order valence-corrected chi connectivity index (χ1v) is 5.27. The van der Waals surface area contributed by atoms with Crippen molar-refractivity contribution in [2.24, 2.45) is 10.9 Å². The van der Waals surface area contributed by atoms with Crippen LogP contribution in [0.2, 0.25) is 0 Å². The molecule has 0 fully saturated rings. The lowest BCUT2D eigenvalue weighted by Crippen LogP contribution is -2.58. The van der Waals surface area contributed by atoms with Crippen molar-refractivity contribution in [2.45, 2.75) is 6.04 Å². The monoisotopic (exact) mass is 232 g/mol. The Morgan fingerprint density at radius 2 is 2.27 bits per heavy atom. The van der Waals surface area contributed by atoms with E-state index in [1.54, 1.807) is 6.26 Å². The number of amidine groups is 1. The van der Waals surface area contributed by atoms with E-state index in [9.17, 15) is 9.59 Å². The van der Waals surface area contributed by atoms with Crippen LogP contribution in [0.5, 0.6) is 0 Å². The summed E-state index contributed by atoms with van der Waals surface area (Å²) in [5.74, 6) is 4.24. The molecule has 1 aliphatic heterocycles. The highest BCUT2D eigenvalue weighted by molar-refractivity contribution is 8.13. The number of hydrogen-bond donors (Lipinski definition) is 1. The topological polar surface area (TPSA) is 88.2 Å². The highest BCUT2D eigenvalue weighted by atomic mass is 32.2. The average Bonchev–Trinajstić information content (AvgIpc) is 2.23. The molecule has 7 nitrogen and oxygen atoms in total. The van der Waals surface area contributed by atoms with Gasteiger partial charge in [0, 0.05) is 7.05 Å². The van der Waals surface area contributed by atoms with Gasteiger partial charge in [0.05, 0.1) is 7.11 Å². The summed E-state index contributed by atoms with van der Waals surface area (Å²) in [6.07, 6.45) is 1.73. The van der Waals surface area contributed by atoms with Crippen LogP contribution in [0.25, 0.3) is 0 Å². The van der Waals surface area contributed by atoms with Gasteiger partial charge in [-0.1, -0.05) is 11.8 Å². The van der Waals surface area contributed by atoms with Crippen molar-refractivity contribution in [2.75, 3.05) is 20.4 Å². The first kappa shape index (κ1) is 11.8. The molecule has 1 atom stereocenters. The summed E-state index contributed by atoms with van der Waals surface area (Å²) in [6, 6.07) is -1.10. The van der Waals surface area contributed by atoms with Gasteiger partial charge in [0.25, 0.3) is 5.91 Å². The molecule has 1 heterocycles. The van der Waals surface area contributed by atoms with Crippen LogP contribution >= 0.6 is 11.8 Å². The number of hydrazone groups is 1. The minimum Gasteiger partial charge on any atom is -0.467 e. The van der Waals surface area contributed by atoms with Gasteiger partial charge in [0.15, 0.2) is 0 Å². The fourth-order valence-corrected chi connectivity index (χ4v) is 1.63. The molecule has 0 saturated carbocycles. The predicted molar refractivity (Wildman–Crippen MR) is 55.6 cm³/mol. The molecule has 0 aromatic heterocycles. The molecule has 0 aromatic rings. The molecule has 1 amide bonds. The number of carbonyl (C=O) groups is 2. The number of nitrogens with zero attached hydrogens (tertiary/aromatic N) is 3. The number of likely N-dealkylation sites (N-methyl/N-ethyl adjacent to an activating group) is 1. The fourth-order valence-electron chi connectivity index (χ4n) is 1.13. The van der Waals surface area contributed by atoms with E-state index in [0.29, 0.717) is 5.17 Å². The van der Waals surface area contributed by atoms with Crippen molar-refractivity contribution in [3.63, 3.8) is 0 Å². The molecule has 0 bridgehead atoms. The van der Waals surface area contributed by atoms with Crippen molar-refractivity contribution in [3.8, 4) is 0 Å². The van der Waals surface area contributed by atoms with Crippen LogP contribution < -0.4 is 5.84 Å². The molecule has 84 valence electrons. The molecule has 8 heteroatoms. The van der Waals surface area contributed by atoms with E-state index in [1.165, 1.54) is 30.9 Å². The second-order valence-corrected chi connectivity index (χ2v) is 3.57. The van der Waals surface area contributed by atoms with E-state index in [0.717, 1.165) is 5.01 Å². The van der Waals surface area contributed by atoms with E-state index in [-0.39, 0.29) is 0 Å². The van der Waals surface area contributed by atoms with E-state index in [2.05, 4.69) is 9.84 Å². The summed E-state index contributed by atoms with van der Waals surface area (Å²) in [6.45, 7) is 0. The number of nitrogens with two attached hydrogens (primary N) is 1. The molecule has 0 aliphatic carbocycles. The first-order chi connectivity index (χ1) is 7.02. The number of amides is 1. The van der Waals surface area contributed by atoms with Gasteiger partial charge in [-0.05, 0) is 6.26 Å². The Morgan fingerprint density at radius 1 is 1.67 bits per heavy atom. The summed E-state index contributed by atoms with van der Waals surface area (Å²) >= 11 is 1.22. The second kappa shape index (κ2) is 4.49. The Morgan fingerprint density at radius 3 is 2.73 bits per heavy atom. The zero-order chi connectivity index (χ0) is 11.6. The summed E-state index contributed by atoms with van der Waals surface area (Å²) in [4.78, 5) is 23.0. The molecule has 1 unspecified atom stereocenters. The second-order valence-electron chi connectivity index (χ2n) is 2.79. The number of rotatable bonds is 1. The smallest absolute Gasteiger partial charge is 0.340 e. The van der Waals surface area contributed by atoms with Crippen molar-refractivity contribution in [1.82, 2.24) is 10.0 Å². The van der Waals surface area contributed by atoms with Crippen molar-refractivity contribution in [3.05, 3.63) is 0 Å². The number of ether oxygens (including phenoxy) is 1. The third-order valence-electron chi connectivity index (χ3n) is 1.90. The van der Waals surface area contributed by atoms with Crippen LogP contribution in [0.1, 0.15) is 0 Å². The maximum absolute atomic E-state index is 11.7. The zero-order valence-electron chi connectivity index (χ0n) is 8.63. The van der Waals surface area contributed by atoms with Crippen LogP contribution in [-0.2, 0) is 14.3 Å². The molecular formula is C7H12N4O3S.